The average molecular weight is 290 g/mol. The molecule has 4 nitrogen and oxygen atoms in total. The molecule has 1 rings (SSSR count). The number of hydrogen-bond donors (Lipinski definition) is 1. The van der Waals surface area contributed by atoms with Crippen LogP contribution in [0.1, 0.15) is 5.56 Å². The topological polar surface area (TPSA) is 55.6 Å². The molecule has 0 aliphatic rings. The third-order valence-electron chi connectivity index (χ3n) is 2.69. The lowest BCUT2D eigenvalue weighted by Gasteiger charge is -2.19. The maximum Gasteiger partial charge on any atom is 0.573 e. The van der Waals surface area contributed by atoms with Crippen LogP contribution in [0.5, 0.6) is 5.75 Å². The SMILES string of the molecule is CN(C)C(=O)C(CN)Cc1cccc(OC(F)(F)F)c1. The van der Waals surface area contributed by atoms with Crippen LogP contribution in [0.3, 0.4) is 0 Å². The Hall–Kier alpha value is -1.76. The van der Waals surface area contributed by atoms with Crippen molar-refractivity contribution in [1.82, 2.24) is 4.90 Å². The number of carbonyl (C=O) groups excluding carboxylic acids is 1. The first-order chi connectivity index (χ1) is 9.23. The molecule has 0 aromatic heterocycles. The molecule has 0 saturated carbocycles. The summed E-state index contributed by atoms with van der Waals surface area (Å²) in [5.74, 6) is -0.927. The van der Waals surface area contributed by atoms with Crippen LogP contribution in [0, 0.1) is 5.92 Å². The minimum atomic E-state index is -4.73. The molecule has 0 radical (unpaired) electrons. The molecule has 2 N–H and O–H groups in total. The summed E-state index contributed by atoms with van der Waals surface area (Å²) in [5.41, 5.74) is 6.11. The zero-order chi connectivity index (χ0) is 15.3. The van der Waals surface area contributed by atoms with E-state index in [1.54, 1.807) is 20.2 Å². The maximum absolute atomic E-state index is 12.1. The molecular formula is C13H17F3N2O2. The Morgan fingerprint density at radius 2 is 2.05 bits per heavy atom. The Bertz CT molecular complexity index is 461. The fraction of sp³-hybridized carbons (Fsp3) is 0.462. The Kier molecular flexibility index (Phi) is 5.38. The number of alkyl halides is 3. The van der Waals surface area contributed by atoms with Gasteiger partial charge in [-0.25, -0.2) is 0 Å². The van der Waals surface area contributed by atoms with Crippen LogP contribution in [-0.2, 0) is 11.2 Å². The van der Waals surface area contributed by atoms with Gasteiger partial charge in [0, 0.05) is 20.6 Å². The van der Waals surface area contributed by atoms with Crippen LogP contribution in [0.4, 0.5) is 13.2 Å². The molecule has 1 unspecified atom stereocenters. The number of amides is 1. The molecule has 20 heavy (non-hydrogen) atoms. The van der Waals surface area contributed by atoms with Crippen molar-refractivity contribution in [3.8, 4) is 5.75 Å². The zero-order valence-electron chi connectivity index (χ0n) is 11.3. The van der Waals surface area contributed by atoms with Crippen LogP contribution in [0.2, 0.25) is 0 Å². The first kappa shape index (κ1) is 16.3. The number of hydrogen-bond acceptors (Lipinski definition) is 3. The quantitative estimate of drug-likeness (QED) is 0.899. The van der Waals surface area contributed by atoms with Gasteiger partial charge in [0.1, 0.15) is 5.75 Å². The fourth-order valence-electron chi connectivity index (χ4n) is 1.79. The Labute approximate surface area is 115 Å². The maximum atomic E-state index is 12.1. The van der Waals surface area contributed by atoms with Crippen molar-refractivity contribution in [3.63, 3.8) is 0 Å². The zero-order valence-corrected chi connectivity index (χ0v) is 11.3. The molecule has 0 spiro atoms. The summed E-state index contributed by atoms with van der Waals surface area (Å²) in [7, 11) is 3.21. The molecule has 0 bridgehead atoms. The highest BCUT2D eigenvalue weighted by atomic mass is 19.4. The van der Waals surface area contributed by atoms with Crippen molar-refractivity contribution < 1.29 is 22.7 Å². The van der Waals surface area contributed by atoms with E-state index in [1.807, 2.05) is 0 Å². The molecule has 0 aliphatic heterocycles. The van der Waals surface area contributed by atoms with Crippen LogP contribution in [0.15, 0.2) is 24.3 Å². The van der Waals surface area contributed by atoms with Gasteiger partial charge >= 0.3 is 6.36 Å². The highest BCUT2D eigenvalue weighted by molar-refractivity contribution is 5.78. The van der Waals surface area contributed by atoms with Crippen LogP contribution < -0.4 is 10.5 Å². The minimum Gasteiger partial charge on any atom is -0.406 e. The fourth-order valence-corrected chi connectivity index (χ4v) is 1.79. The van der Waals surface area contributed by atoms with E-state index in [0.717, 1.165) is 0 Å². The Morgan fingerprint density at radius 1 is 1.40 bits per heavy atom. The summed E-state index contributed by atoms with van der Waals surface area (Å²) in [6, 6.07) is 5.56. The van der Waals surface area contributed by atoms with Crippen molar-refractivity contribution >= 4 is 5.91 Å². The predicted octanol–water partition coefficient (Wildman–Crippen LogP) is 1.79. The molecule has 0 heterocycles. The van der Waals surface area contributed by atoms with Gasteiger partial charge in [-0.2, -0.15) is 0 Å². The van der Waals surface area contributed by atoms with E-state index < -0.39 is 12.3 Å². The van der Waals surface area contributed by atoms with Gasteiger partial charge in [-0.1, -0.05) is 12.1 Å². The number of carbonyl (C=O) groups is 1. The van der Waals surface area contributed by atoms with Crippen molar-refractivity contribution in [2.24, 2.45) is 11.7 Å². The summed E-state index contributed by atoms with van der Waals surface area (Å²) in [6.07, 6.45) is -4.46. The van der Waals surface area contributed by atoms with Gasteiger partial charge in [0.15, 0.2) is 0 Å². The molecule has 0 fully saturated rings. The van der Waals surface area contributed by atoms with Gasteiger partial charge in [0.05, 0.1) is 5.92 Å². The van der Waals surface area contributed by atoms with E-state index in [-0.39, 0.29) is 24.6 Å². The number of halogens is 3. The molecular weight excluding hydrogens is 273 g/mol. The normalized spacial score (nSPS) is 12.9. The smallest absolute Gasteiger partial charge is 0.406 e. The predicted molar refractivity (Wildman–Crippen MR) is 68.1 cm³/mol. The summed E-state index contributed by atoms with van der Waals surface area (Å²) in [5, 5.41) is 0. The number of rotatable bonds is 5. The van der Waals surface area contributed by atoms with Crippen LogP contribution >= 0.6 is 0 Å². The second kappa shape index (κ2) is 6.60. The van der Waals surface area contributed by atoms with Gasteiger partial charge in [-0.05, 0) is 24.1 Å². The third-order valence-corrected chi connectivity index (χ3v) is 2.69. The lowest BCUT2D eigenvalue weighted by atomic mass is 9.98. The molecule has 0 aliphatic carbocycles. The van der Waals surface area contributed by atoms with E-state index >= 15 is 0 Å². The number of nitrogens with zero attached hydrogens (tertiary/aromatic N) is 1. The van der Waals surface area contributed by atoms with Gasteiger partial charge in [-0.3, -0.25) is 4.79 Å². The molecule has 1 aromatic carbocycles. The lowest BCUT2D eigenvalue weighted by molar-refractivity contribution is -0.274. The number of benzene rings is 1. The van der Waals surface area contributed by atoms with Crippen LogP contribution in [-0.4, -0.2) is 37.8 Å². The monoisotopic (exact) mass is 290 g/mol. The first-order valence-electron chi connectivity index (χ1n) is 5.99. The second-order valence-electron chi connectivity index (χ2n) is 4.56. The summed E-state index contributed by atoms with van der Waals surface area (Å²) in [4.78, 5) is 13.2. The van der Waals surface area contributed by atoms with Gasteiger partial charge in [0.2, 0.25) is 5.91 Å². The summed E-state index contributed by atoms with van der Waals surface area (Å²) < 4.78 is 40.2. The van der Waals surface area contributed by atoms with E-state index in [0.29, 0.717) is 5.56 Å². The average Bonchev–Trinajstić information content (AvgIpc) is 2.33. The standard InChI is InChI=1S/C13H17F3N2O2/c1-18(2)12(19)10(8-17)6-9-4-3-5-11(7-9)20-13(14,15)16/h3-5,7,10H,6,8,17H2,1-2H3. The third kappa shape index (κ3) is 5.08. The highest BCUT2D eigenvalue weighted by Gasteiger charge is 2.31. The number of nitrogens with two attached hydrogens (primary N) is 1. The lowest BCUT2D eigenvalue weighted by Crippen LogP contribution is -2.35. The first-order valence-corrected chi connectivity index (χ1v) is 5.99. The van der Waals surface area contributed by atoms with E-state index in [2.05, 4.69) is 4.74 Å². The largest absolute Gasteiger partial charge is 0.573 e. The van der Waals surface area contributed by atoms with Crippen molar-refractivity contribution in [2.75, 3.05) is 20.6 Å². The highest BCUT2D eigenvalue weighted by Crippen LogP contribution is 2.24. The van der Waals surface area contributed by atoms with Gasteiger partial charge < -0.3 is 15.4 Å². The summed E-state index contributed by atoms with van der Waals surface area (Å²) in [6.45, 7) is 0.126. The van der Waals surface area contributed by atoms with Crippen LogP contribution in [0.25, 0.3) is 0 Å². The van der Waals surface area contributed by atoms with Crippen molar-refractivity contribution in [1.29, 1.82) is 0 Å². The van der Waals surface area contributed by atoms with Crippen molar-refractivity contribution in [2.45, 2.75) is 12.8 Å². The minimum absolute atomic E-state index is 0.126. The molecule has 112 valence electrons. The summed E-state index contributed by atoms with van der Waals surface area (Å²) >= 11 is 0. The molecule has 0 saturated heterocycles. The second-order valence-corrected chi connectivity index (χ2v) is 4.56. The molecule has 1 aromatic rings. The molecule has 7 heteroatoms. The van der Waals surface area contributed by atoms with E-state index in [4.69, 9.17) is 5.73 Å². The molecule has 1 atom stereocenters. The number of ether oxygens (including phenoxy) is 1. The van der Waals surface area contributed by atoms with Gasteiger partial charge in [-0.15, -0.1) is 13.2 Å². The van der Waals surface area contributed by atoms with E-state index in [1.165, 1.54) is 23.1 Å². The van der Waals surface area contributed by atoms with Gasteiger partial charge in [0.25, 0.3) is 0 Å². The van der Waals surface area contributed by atoms with Crippen molar-refractivity contribution in [3.05, 3.63) is 29.8 Å². The molecule has 1 amide bonds. The van der Waals surface area contributed by atoms with E-state index in [9.17, 15) is 18.0 Å². The Balaban J connectivity index is 2.81. The Morgan fingerprint density at radius 3 is 2.55 bits per heavy atom.